The summed E-state index contributed by atoms with van der Waals surface area (Å²) in [7, 11) is 1.37. The third kappa shape index (κ3) is 2.18. The van der Waals surface area contributed by atoms with Crippen molar-refractivity contribution >= 4 is 0 Å². The van der Waals surface area contributed by atoms with Gasteiger partial charge in [-0.1, -0.05) is 0 Å². The van der Waals surface area contributed by atoms with Crippen molar-refractivity contribution in [1.29, 1.82) is 5.26 Å². The standard InChI is InChI=1S/C9H12F3NO/c1-14-8(6-13)4-2-7(3-5-8)9(10,11)12/h7H,2-5H2,1H3. The predicted molar refractivity (Wildman–Crippen MR) is 43.4 cm³/mol. The van der Waals surface area contributed by atoms with Gasteiger partial charge in [-0.25, -0.2) is 0 Å². The Hall–Kier alpha value is -0.760. The zero-order valence-electron chi connectivity index (χ0n) is 7.90. The number of rotatable bonds is 1. The second-order valence-corrected chi connectivity index (χ2v) is 3.63. The van der Waals surface area contributed by atoms with Gasteiger partial charge in [-0.15, -0.1) is 0 Å². The zero-order valence-corrected chi connectivity index (χ0v) is 7.90. The van der Waals surface area contributed by atoms with E-state index in [1.54, 1.807) is 0 Å². The number of nitriles is 1. The molecule has 0 aromatic heterocycles. The molecule has 0 aliphatic heterocycles. The van der Waals surface area contributed by atoms with Gasteiger partial charge in [0, 0.05) is 7.11 Å². The number of halogens is 3. The normalized spacial score (nSPS) is 33.8. The van der Waals surface area contributed by atoms with Gasteiger partial charge in [0.15, 0.2) is 5.60 Å². The molecule has 14 heavy (non-hydrogen) atoms. The fourth-order valence-electron chi connectivity index (χ4n) is 1.77. The summed E-state index contributed by atoms with van der Waals surface area (Å²) in [6, 6.07) is 1.95. The molecule has 0 atom stereocenters. The molecule has 0 bridgehead atoms. The van der Waals surface area contributed by atoms with Crippen molar-refractivity contribution in [2.75, 3.05) is 7.11 Å². The van der Waals surface area contributed by atoms with Crippen LogP contribution in [0.5, 0.6) is 0 Å². The van der Waals surface area contributed by atoms with E-state index < -0.39 is 17.7 Å². The quantitative estimate of drug-likeness (QED) is 0.662. The third-order valence-electron chi connectivity index (χ3n) is 2.85. The first-order valence-corrected chi connectivity index (χ1v) is 4.47. The van der Waals surface area contributed by atoms with Crippen LogP contribution in [0.3, 0.4) is 0 Å². The zero-order chi connectivity index (χ0) is 10.8. The van der Waals surface area contributed by atoms with Gasteiger partial charge in [0.2, 0.25) is 0 Å². The minimum absolute atomic E-state index is 0.00903. The summed E-state index contributed by atoms with van der Waals surface area (Å²) in [6.07, 6.45) is -3.81. The molecule has 0 heterocycles. The summed E-state index contributed by atoms with van der Waals surface area (Å²) in [5.41, 5.74) is -0.984. The third-order valence-corrected chi connectivity index (χ3v) is 2.85. The van der Waals surface area contributed by atoms with Crippen molar-refractivity contribution in [2.45, 2.75) is 37.5 Å². The second-order valence-electron chi connectivity index (χ2n) is 3.63. The van der Waals surface area contributed by atoms with Crippen LogP contribution in [0.1, 0.15) is 25.7 Å². The maximum atomic E-state index is 12.3. The fraction of sp³-hybridized carbons (Fsp3) is 0.889. The molecule has 1 aliphatic rings. The van der Waals surface area contributed by atoms with Crippen molar-refractivity contribution in [3.63, 3.8) is 0 Å². The van der Waals surface area contributed by atoms with Crippen LogP contribution in [0.2, 0.25) is 0 Å². The molecular formula is C9H12F3NO. The van der Waals surface area contributed by atoms with E-state index in [1.165, 1.54) is 7.11 Å². The van der Waals surface area contributed by atoms with Crippen molar-refractivity contribution in [3.8, 4) is 6.07 Å². The van der Waals surface area contributed by atoms with E-state index >= 15 is 0 Å². The molecule has 1 fully saturated rings. The number of ether oxygens (including phenoxy) is 1. The van der Waals surface area contributed by atoms with E-state index in [9.17, 15) is 13.2 Å². The highest BCUT2D eigenvalue weighted by Gasteiger charge is 2.46. The highest BCUT2D eigenvalue weighted by Crippen LogP contribution is 2.41. The highest BCUT2D eigenvalue weighted by atomic mass is 19.4. The van der Waals surface area contributed by atoms with Crippen LogP contribution in [-0.4, -0.2) is 18.9 Å². The molecule has 0 spiro atoms. The maximum Gasteiger partial charge on any atom is 0.391 e. The lowest BCUT2D eigenvalue weighted by atomic mass is 9.79. The van der Waals surface area contributed by atoms with E-state index in [0.29, 0.717) is 0 Å². The lowest BCUT2D eigenvalue weighted by molar-refractivity contribution is -0.190. The minimum Gasteiger partial charge on any atom is -0.363 e. The van der Waals surface area contributed by atoms with Crippen molar-refractivity contribution < 1.29 is 17.9 Å². The number of methoxy groups -OCH3 is 1. The van der Waals surface area contributed by atoms with Crippen molar-refractivity contribution in [3.05, 3.63) is 0 Å². The van der Waals surface area contributed by atoms with E-state index in [1.807, 2.05) is 6.07 Å². The van der Waals surface area contributed by atoms with Crippen LogP contribution in [0.25, 0.3) is 0 Å². The number of alkyl halides is 3. The Kier molecular flexibility index (Phi) is 3.05. The number of nitrogens with zero attached hydrogens (tertiary/aromatic N) is 1. The van der Waals surface area contributed by atoms with Gasteiger partial charge in [-0.3, -0.25) is 0 Å². The lowest BCUT2D eigenvalue weighted by Crippen LogP contribution is -2.38. The largest absolute Gasteiger partial charge is 0.391 e. The lowest BCUT2D eigenvalue weighted by Gasteiger charge is -2.34. The van der Waals surface area contributed by atoms with Crippen LogP contribution in [0, 0.1) is 17.2 Å². The Balaban J connectivity index is 2.59. The predicted octanol–water partition coefficient (Wildman–Crippen LogP) is 2.65. The summed E-state index contributed by atoms with van der Waals surface area (Å²) < 4.78 is 41.8. The van der Waals surface area contributed by atoms with Gasteiger partial charge < -0.3 is 4.74 Å². The highest BCUT2D eigenvalue weighted by molar-refractivity contribution is 5.04. The monoisotopic (exact) mass is 207 g/mol. The van der Waals surface area contributed by atoms with Crippen LogP contribution in [0.4, 0.5) is 13.2 Å². The van der Waals surface area contributed by atoms with E-state index in [2.05, 4.69) is 0 Å². The molecule has 0 N–H and O–H groups in total. The Morgan fingerprint density at radius 1 is 1.36 bits per heavy atom. The van der Waals surface area contributed by atoms with E-state index in [-0.39, 0.29) is 25.7 Å². The van der Waals surface area contributed by atoms with Gasteiger partial charge in [0.25, 0.3) is 0 Å². The van der Waals surface area contributed by atoms with Crippen LogP contribution < -0.4 is 0 Å². The molecule has 0 saturated heterocycles. The van der Waals surface area contributed by atoms with Crippen LogP contribution in [0.15, 0.2) is 0 Å². The van der Waals surface area contributed by atoms with Crippen LogP contribution >= 0.6 is 0 Å². The molecule has 0 radical (unpaired) electrons. The molecule has 1 aliphatic carbocycles. The Morgan fingerprint density at radius 2 is 1.86 bits per heavy atom. The molecule has 0 unspecified atom stereocenters. The number of hydrogen-bond donors (Lipinski definition) is 0. The van der Waals surface area contributed by atoms with Gasteiger partial charge >= 0.3 is 6.18 Å². The summed E-state index contributed by atoms with van der Waals surface area (Å²) >= 11 is 0. The topological polar surface area (TPSA) is 33.0 Å². The molecule has 1 saturated carbocycles. The molecule has 1 rings (SSSR count). The Bertz CT molecular complexity index is 235. The van der Waals surface area contributed by atoms with E-state index in [0.717, 1.165) is 0 Å². The Labute approximate surface area is 80.7 Å². The molecule has 5 heteroatoms. The van der Waals surface area contributed by atoms with Crippen LogP contribution in [-0.2, 0) is 4.74 Å². The average molecular weight is 207 g/mol. The molecule has 0 amide bonds. The SMILES string of the molecule is COC1(C#N)CCC(C(F)(F)F)CC1. The summed E-state index contributed by atoms with van der Waals surface area (Å²) in [5.74, 6) is -1.26. The smallest absolute Gasteiger partial charge is 0.363 e. The van der Waals surface area contributed by atoms with Crippen molar-refractivity contribution in [2.24, 2.45) is 5.92 Å². The molecule has 2 nitrogen and oxygen atoms in total. The summed E-state index contributed by atoms with van der Waals surface area (Å²) in [4.78, 5) is 0. The number of hydrogen-bond acceptors (Lipinski definition) is 2. The first-order chi connectivity index (χ1) is 6.43. The fourth-order valence-corrected chi connectivity index (χ4v) is 1.77. The van der Waals surface area contributed by atoms with Gasteiger partial charge in [-0.05, 0) is 25.7 Å². The average Bonchev–Trinajstić information content (AvgIpc) is 2.16. The van der Waals surface area contributed by atoms with Gasteiger partial charge in [0.05, 0.1) is 12.0 Å². The summed E-state index contributed by atoms with van der Waals surface area (Å²) in [6.45, 7) is 0. The molecule has 80 valence electrons. The minimum atomic E-state index is -4.13. The van der Waals surface area contributed by atoms with E-state index in [4.69, 9.17) is 10.00 Å². The van der Waals surface area contributed by atoms with Gasteiger partial charge in [0.1, 0.15) is 0 Å². The molecule has 0 aromatic rings. The van der Waals surface area contributed by atoms with Crippen molar-refractivity contribution in [1.82, 2.24) is 0 Å². The first-order valence-electron chi connectivity index (χ1n) is 4.47. The maximum absolute atomic E-state index is 12.3. The molecule has 0 aromatic carbocycles. The van der Waals surface area contributed by atoms with Gasteiger partial charge in [-0.2, -0.15) is 18.4 Å². The first kappa shape index (κ1) is 11.3. The summed E-state index contributed by atoms with van der Waals surface area (Å²) in [5, 5.41) is 8.77. The second kappa shape index (κ2) is 3.77. The molecular weight excluding hydrogens is 195 g/mol. The Morgan fingerprint density at radius 3 is 2.14 bits per heavy atom.